The Bertz CT molecular complexity index is 452. The monoisotopic (exact) mass is 224 g/mol. The molecule has 0 amide bonds. The van der Waals surface area contributed by atoms with Crippen molar-refractivity contribution in [1.82, 2.24) is 0 Å². The molecule has 0 aliphatic carbocycles. The van der Waals surface area contributed by atoms with Gasteiger partial charge in [-0.3, -0.25) is 4.79 Å². The van der Waals surface area contributed by atoms with Crippen molar-refractivity contribution in [1.29, 1.82) is 0 Å². The van der Waals surface area contributed by atoms with E-state index in [1.165, 1.54) is 19.1 Å². The van der Waals surface area contributed by atoms with Crippen LogP contribution in [0.4, 0.5) is 4.39 Å². The van der Waals surface area contributed by atoms with E-state index in [1.807, 2.05) is 13.8 Å². The maximum atomic E-state index is 13.5. The molecule has 0 spiro atoms. The molecule has 1 heterocycles. The summed E-state index contributed by atoms with van der Waals surface area (Å²) in [5, 5.41) is 0. The third-order valence-electron chi connectivity index (χ3n) is 2.37. The Morgan fingerprint density at radius 2 is 2.06 bits per heavy atom. The van der Waals surface area contributed by atoms with Crippen molar-refractivity contribution in [2.45, 2.75) is 26.4 Å². The lowest BCUT2D eigenvalue weighted by atomic mass is 10.1. The number of carbonyl (C=O) groups excluding carboxylic acids is 1. The number of hydrogen-bond acceptors (Lipinski definition) is 3. The Morgan fingerprint density at radius 1 is 1.38 bits per heavy atom. The average molecular weight is 224 g/mol. The molecule has 0 aromatic heterocycles. The fourth-order valence-electron chi connectivity index (χ4n) is 1.58. The van der Waals surface area contributed by atoms with Crippen LogP contribution in [0.5, 0.6) is 11.5 Å². The predicted molar refractivity (Wildman–Crippen MR) is 56.6 cm³/mol. The van der Waals surface area contributed by atoms with Crippen LogP contribution in [-0.4, -0.2) is 18.0 Å². The topological polar surface area (TPSA) is 35.5 Å². The number of ketones is 1. The molecule has 0 radical (unpaired) electrons. The maximum absolute atomic E-state index is 13.5. The summed E-state index contributed by atoms with van der Waals surface area (Å²) in [6, 6.07) is 2.59. The van der Waals surface area contributed by atoms with Crippen LogP contribution in [0.2, 0.25) is 0 Å². The number of halogens is 1. The van der Waals surface area contributed by atoms with E-state index in [0.717, 1.165) is 0 Å². The van der Waals surface area contributed by atoms with Gasteiger partial charge in [-0.2, -0.15) is 0 Å². The summed E-state index contributed by atoms with van der Waals surface area (Å²) in [6.07, 6.45) is 0. The number of benzene rings is 1. The van der Waals surface area contributed by atoms with E-state index in [0.29, 0.717) is 18.1 Å². The fourth-order valence-corrected chi connectivity index (χ4v) is 1.58. The lowest BCUT2D eigenvalue weighted by Crippen LogP contribution is -2.38. The third-order valence-corrected chi connectivity index (χ3v) is 2.37. The van der Waals surface area contributed by atoms with Gasteiger partial charge < -0.3 is 9.47 Å². The van der Waals surface area contributed by atoms with Crippen LogP contribution in [0, 0.1) is 5.82 Å². The molecular weight excluding hydrogens is 211 g/mol. The van der Waals surface area contributed by atoms with E-state index in [4.69, 9.17) is 9.47 Å². The maximum Gasteiger partial charge on any atom is 0.165 e. The van der Waals surface area contributed by atoms with E-state index < -0.39 is 11.4 Å². The van der Waals surface area contributed by atoms with Gasteiger partial charge in [0.15, 0.2) is 17.3 Å². The highest BCUT2D eigenvalue weighted by molar-refractivity contribution is 5.95. The van der Waals surface area contributed by atoms with Crippen molar-refractivity contribution in [3.8, 4) is 11.5 Å². The van der Waals surface area contributed by atoms with Gasteiger partial charge in [-0.1, -0.05) is 0 Å². The Kier molecular flexibility index (Phi) is 2.37. The van der Waals surface area contributed by atoms with Crippen LogP contribution in [0.1, 0.15) is 31.1 Å². The fraction of sp³-hybridized carbons (Fsp3) is 0.417. The van der Waals surface area contributed by atoms with Gasteiger partial charge in [0.1, 0.15) is 18.0 Å². The highest BCUT2D eigenvalue weighted by atomic mass is 19.1. The van der Waals surface area contributed by atoms with Crippen molar-refractivity contribution in [2.75, 3.05) is 6.61 Å². The Balaban J connectivity index is 2.46. The smallest absolute Gasteiger partial charge is 0.165 e. The van der Waals surface area contributed by atoms with Crippen molar-refractivity contribution in [2.24, 2.45) is 0 Å². The van der Waals surface area contributed by atoms with Crippen LogP contribution in [0.3, 0.4) is 0 Å². The lowest BCUT2D eigenvalue weighted by molar-refractivity contribution is 0.0208. The first-order chi connectivity index (χ1) is 7.39. The lowest BCUT2D eigenvalue weighted by Gasteiger charge is -2.32. The van der Waals surface area contributed by atoms with Gasteiger partial charge in [-0.05, 0) is 26.8 Å². The summed E-state index contributed by atoms with van der Waals surface area (Å²) in [5.41, 5.74) is -0.445. The van der Waals surface area contributed by atoms with Gasteiger partial charge in [-0.25, -0.2) is 4.39 Å². The number of carbonyl (C=O) groups is 1. The minimum absolute atomic E-state index is 0.0297. The molecule has 0 fully saturated rings. The van der Waals surface area contributed by atoms with Gasteiger partial charge in [0.2, 0.25) is 0 Å². The van der Waals surface area contributed by atoms with Gasteiger partial charge >= 0.3 is 0 Å². The van der Waals surface area contributed by atoms with Crippen LogP contribution in [-0.2, 0) is 0 Å². The first-order valence-corrected chi connectivity index (χ1v) is 5.05. The second-order valence-electron chi connectivity index (χ2n) is 4.49. The molecule has 0 atom stereocenters. The molecule has 1 aromatic rings. The van der Waals surface area contributed by atoms with Gasteiger partial charge in [0.05, 0.1) is 5.56 Å². The molecule has 2 rings (SSSR count). The van der Waals surface area contributed by atoms with Gasteiger partial charge in [-0.15, -0.1) is 0 Å². The third kappa shape index (κ3) is 1.87. The summed E-state index contributed by atoms with van der Waals surface area (Å²) in [6.45, 7) is 5.40. The zero-order valence-corrected chi connectivity index (χ0v) is 9.46. The predicted octanol–water partition coefficient (Wildman–Crippen LogP) is 2.58. The summed E-state index contributed by atoms with van der Waals surface area (Å²) in [7, 11) is 0. The molecule has 86 valence electrons. The standard InChI is InChI=1S/C12H13FO3/c1-7(14)8-4-10-11(5-9(8)13)16-12(2,3)6-15-10/h4-5H,6H2,1-3H3. The van der Waals surface area contributed by atoms with Crippen LogP contribution in [0.15, 0.2) is 12.1 Å². The number of ether oxygens (including phenoxy) is 2. The summed E-state index contributed by atoms with van der Waals surface area (Å²) >= 11 is 0. The molecule has 0 saturated carbocycles. The van der Waals surface area contributed by atoms with Gasteiger partial charge in [0.25, 0.3) is 0 Å². The van der Waals surface area contributed by atoms with Crippen LogP contribution >= 0.6 is 0 Å². The first kappa shape index (κ1) is 10.9. The SMILES string of the molecule is CC(=O)c1cc2c(cc1F)OC(C)(C)CO2. The molecule has 0 unspecified atom stereocenters. The number of rotatable bonds is 1. The zero-order chi connectivity index (χ0) is 11.9. The molecule has 3 nitrogen and oxygen atoms in total. The molecule has 1 aliphatic rings. The Labute approximate surface area is 93.2 Å². The van der Waals surface area contributed by atoms with Crippen molar-refractivity contribution in [3.63, 3.8) is 0 Å². The highest BCUT2D eigenvalue weighted by Crippen LogP contribution is 2.37. The second-order valence-corrected chi connectivity index (χ2v) is 4.49. The number of hydrogen-bond donors (Lipinski definition) is 0. The quantitative estimate of drug-likeness (QED) is 0.688. The van der Waals surface area contributed by atoms with Crippen LogP contribution < -0.4 is 9.47 Å². The molecule has 0 saturated heterocycles. The van der Waals surface area contributed by atoms with Crippen molar-refractivity contribution >= 4 is 5.78 Å². The second kappa shape index (κ2) is 3.47. The Hall–Kier alpha value is -1.58. The van der Waals surface area contributed by atoms with Crippen LogP contribution in [0.25, 0.3) is 0 Å². The van der Waals surface area contributed by atoms with E-state index in [9.17, 15) is 9.18 Å². The largest absolute Gasteiger partial charge is 0.486 e. The summed E-state index contributed by atoms with van der Waals surface area (Å²) < 4.78 is 24.5. The van der Waals surface area contributed by atoms with E-state index in [1.54, 1.807) is 0 Å². The summed E-state index contributed by atoms with van der Waals surface area (Å²) in [4.78, 5) is 11.1. The van der Waals surface area contributed by atoms with Crippen molar-refractivity contribution < 1.29 is 18.7 Å². The Morgan fingerprint density at radius 3 is 2.69 bits per heavy atom. The van der Waals surface area contributed by atoms with Gasteiger partial charge in [0, 0.05) is 6.07 Å². The minimum atomic E-state index is -0.576. The molecular formula is C12H13FO3. The molecule has 16 heavy (non-hydrogen) atoms. The number of fused-ring (bicyclic) bond motifs is 1. The van der Waals surface area contributed by atoms with E-state index in [-0.39, 0.29) is 11.3 Å². The molecule has 0 bridgehead atoms. The zero-order valence-electron chi connectivity index (χ0n) is 9.46. The van der Waals surface area contributed by atoms with E-state index >= 15 is 0 Å². The minimum Gasteiger partial charge on any atom is -0.486 e. The van der Waals surface area contributed by atoms with Crippen molar-refractivity contribution in [3.05, 3.63) is 23.5 Å². The average Bonchev–Trinajstić information content (AvgIpc) is 2.14. The van der Waals surface area contributed by atoms with E-state index in [2.05, 4.69) is 0 Å². The molecule has 0 N–H and O–H groups in total. The molecule has 1 aromatic carbocycles. The molecule has 1 aliphatic heterocycles. The molecule has 4 heteroatoms. The summed E-state index contributed by atoms with van der Waals surface area (Å²) in [5.74, 6) is -0.133. The normalized spacial score (nSPS) is 17.0. The number of Topliss-reactive ketones (excluding diaryl/α,β-unsaturated/α-hetero) is 1. The highest BCUT2D eigenvalue weighted by Gasteiger charge is 2.29. The first-order valence-electron chi connectivity index (χ1n) is 5.05.